The van der Waals surface area contributed by atoms with Crippen molar-refractivity contribution in [3.63, 3.8) is 0 Å². The van der Waals surface area contributed by atoms with Gasteiger partial charge in [0, 0.05) is 38.7 Å². The molecule has 212 valence electrons. The third-order valence-electron chi connectivity index (χ3n) is 8.17. The molecule has 8 rings (SSSR count). The molecule has 0 bridgehead atoms. The van der Waals surface area contributed by atoms with Crippen LogP contribution in [-0.4, -0.2) is 19.9 Å². The molecule has 0 N–H and O–H groups in total. The van der Waals surface area contributed by atoms with Crippen LogP contribution in [0.5, 0.6) is 0 Å². The number of nitrogens with zero attached hydrogens (tertiary/aromatic N) is 4. The Morgan fingerprint density at radius 1 is 0.378 bits per heavy atom. The largest absolute Gasteiger partial charge is 0.251 e. The van der Waals surface area contributed by atoms with Crippen LogP contribution < -0.4 is 0 Å². The molecule has 3 aromatic heterocycles. The topological polar surface area (TPSA) is 51.6 Å². The molecular formula is C41H28N4. The van der Waals surface area contributed by atoms with E-state index >= 15 is 0 Å². The van der Waals surface area contributed by atoms with Crippen LogP contribution in [-0.2, 0) is 0 Å². The van der Waals surface area contributed by atoms with E-state index < -0.39 is 0 Å². The molecule has 0 aliphatic carbocycles. The van der Waals surface area contributed by atoms with Crippen LogP contribution in [0.4, 0.5) is 0 Å². The molecule has 0 amide bonds. The first-order valence-electron chi connectivity index (χ1n) is 15.1. The Kier molecular flexibility index (Phi) is 6.65. The van der Waals surface area contributed by atoms with Crippen molar-refractivity contribution in [3.8, 4) is 56.3 Å². The van der Waals surface area contributed by atoms with Gasteiger partial charge in [-0.1, -0.05) is 133 Å². The minimum Gasteiger partial charge on any atom is -0.251 e. The van der Waals surface area contributed by atoms with Gasteiger partial charge in [0.1, 0.15) is 0 Å². The van der Waals surface area contributed by atoms with Gasteiger partial charge in [-0.15, -0.1) is 0 Å². The molecule has 0 fully saturated rings. The summed E-state index contributed by atoms with van der Waals surface area (Å²) in [5.41, 5.74) is 11.6. The molecule has 0 aliphatic rings. The van der Waals surface area contributed by atoms with Gasteiger partial charge in [0.2, 0.25) is 0 Å². The van der Waals surface area contributed by atoms with Crippen LogP contribution >= 0.6 is 0 Å². The fourth-order valence-electron chi connectivity index (χ4n) is 5.94. The molecule has 45 heavy (non-hydrogen) atoms. The summed E-state index contributed by atoms with van der Waals surface area (Å²) in [5, 5.41) is 2.10. The summed E-state index contributed by atoms with van der Waals surface area (Å²) < 4.78 is 0. The first kappa shape index (κ1) is 26.6. The average Bonchev–Trinajstić information content (AvgIpc) is 3.12. The van der Waals surface area contributed by atoms with Crippen LogP contribution in [0.3, 0.4) is 0 Å². The number of hydrogen-bond donors (Lipinski definition) is 0. The summed E-state index contributed by atoms with van der Waals surface area (Å²) in [5.74, 6) is 0.673. The maximum absolute atomic E-state index is 5.22. The van der Waals surface area contributed by atoms with Gasteiger partial charge in [0.25, 0.3) is 0 Å². The van der Waals surface area contributed by atoms with Crippen molar-refractivity contribution < 1.29 is 0 Å². The van der Waals surface area contributed by atoms with Gasteiger partial charge in [-0.25, -0.2) is 15.0 Å². The van der Waals surface area contributed by atoms with Crippen molar-refractivity contribution >= 4 is 21.8 Å². The Hall–Kier alpha value is -6.00. The Labute approximate surface area is 261 Å². The minimum absolute atomic E-state index is 0.673. The average molecular weight is 577 g/mol. The van der Waals surface area contributed by atoms with Crippen molar-refractivity contribution in [2.24, 2.45) is 0 Å². The summed E-state index contributed by atoms with van der Waals surface area (Å²) in [4.78, 5) is 20.5. The highest BCUT2D eigenvalue weighted by molar-refractivity contribution is 6.10. The summed E-state index contributed by atoms with van der Waals surface area (Å²) in [6.07, 6.45) is 0. The lowest BCUT2D eigenvalue weighted by molar-refractivity contribution is 1.18. The summed E-state index contributed by atoms with van der Waals surface area (Å²) in [6.45, 7) is 2.02. The second kappa shape index (κ2) is 11.3. The van der Waals surface area contributed by atoms with Gasteiger partial charge < -0.3 is 0 Å². The van der Waals surface area contributed by atoms with Crippen LogP contribution in [0.15, 0.2) is 152 Å². The fourth-order valence-corrected chi connectivity index (χ4v) is 5.94. The van der Waals surface area contributed by atoms with Gasteiger partial charge in [-0.05, 0) is 36.2 Å². The van der Waals surface area contributed by atoms with Gasteiger partial charge >= 0.3 is 0 Å². The molecule has 4 nitrogen and oxygen atoms in total. The maximum Gasteiger partial charge on any atom is 0.161 e. The van der Waals surface area contributed by atoms with Crippen molar-refractivity contribution in [2.45, 2.75) is 6.92 Å². The first-order chi connectivity index (χ1) is 22.2. The molecule has 0 saturated carbocycles. The molecule has 4 heteroatoms. The van der Waals surface area contributed by atoms with Crippen molar-refractivity contribution in [1.82, 2.24) is 19.9 Å². The van der Waals surface area contributed by atoms with Gasteiger partial charge in [-0.3, -0.25) is 4.98 Å². The van der Waals surface area contributed by atoms with E-state index in [1.807, 2.05) is 67.6 Å². The molecule has 8 aromatic rings. The summed E-state index contributed by atoms with van der Waals surface area (Å²) in [7, 11) is 0. The van der Waals surface area contributed by atoms with Crippen LogP contribution in [0.1, 0.15) is 5.69 Å². The van der Waals surface area contributed by atoms with E-state index in [1.165, 1.54) is 0 Å². The molecule has 0 atom stereocenters. The Morgan fingerprint density at radius 3 is 1.49 bits per heavy atom. The van der Waals surface area contributed by atoms with E-state index in [2.05, 4.69) is 91.0 Å². The predicted molar refractivity (Wildman–Crippen MR) is 185 cm³/mol. The maximum atomic E-state index is 5.22. The summed E-state index contributed by atoms with van der Waals surface area (Å²) >= 11 is 0. The molecule has 0 saturated heterocycles. The van der Waals surface area contributed by atoms with E-state index in [4.69, 9.17) is 19.9 Å². The third-order valence-corrected chi connectivity index (χ3v) is 8.17. The number of benzene rings is 5. The Bertz CT molecular complexity index is 2260. The number of rotatable bonds is 5. The lowest BCUT2D eigenvalue weighted by Gasteiger charge is -2.16. The first-order valence-corrected chi connectivity index (χ1v) is 15.1. The quantitative estimate of drug-likeness (QED) is 0.191. The van der Waals surface area contributed by atoms with Gasteiger partial charge in [-0.2, -0.15) is 0 Å². The normalized spacial score (nSPS) is 11.2. The van der Waals surface area contributed by atoms with Crippen molar-refractivity contribution in [1.29, 1.82) is 0 Å². The summed E-state index contributed by atoms with van der Waals surface area (Å²) in [6, 6.07) is 52.1. The zero-order valence-corrected chi connectivity index (χ0v) is 24.7. The molecule has 0 spiro atoms. The SMILES string of the molecule is Cc1ccc2ccc3c(-c4ccccc4-c4nc(-c5ccccc5)cc(-c5ccccc5)n4)cc(-c4ccccc4)nc3c2n1. The van der Waals surface area contributed by atoms with E-state index in [1.54, 1.807) is 0 Å². The minimum atomic E-state index is 0.673. The van der Waals surface area contributed by atoms with Gasteiger partial charge in [0.15, 0.2) is 5.82 Å². The van der Waals surface area contributed by atoms with Crippen LogP contribution in [0.25, 0.3) is 78.1 Å². The monoisotopic (exact) mass is 576 g/mol. The Morgan fingerprint density at radius 2 is 0.889 bits per heavy atom. The number of pyridine rings is 2. The predicted octanol–water partition coefficient (Wildman–Crippen LogP) is 10.2. The van der Waals surface area contributed by atoms with E-state index in [-0.39, 0.29) is 0 Å². The Balaban J connectivity index is 1.42. The smallest absolute Gasteiger partial charge is 0.161 e. The van der Waals surface area contributed by atoms with Crippen LogP contribution in [0, 0.1) is 6.92 Å². The van der Waals surface area contributed by atoms with E-state index in [9.17, 15) is 0 Å². The fraction of sp³-hybridized carbons (Fsp3) is 0.0244. The molecule has 3 heterocycles. The molecule has 5 aromatic carbocycles. The zero-order chi connectivity index (χ0) is 30.2. The molecular weight excluding hydrogens is 548 g/mol. The second-order valence-corrected chi connectivity index (χ2v) is 11.1. The highest BCUT2D eigenvalue weighted by Crippen LogP contribution is 2.39. The van der Waals surface area contributed by atoms with Gasteiger partial charge in [0.05, 0.1) is 28.1 Å². The van der Waals surface area contributed by atoms with Crippen LogP contribution in [0.2, 0.25) is 0 Å². The lowest BCUT2D eigenvalue weighted by atomic mass is 9.93. The van der Waals surface area contributed by atoms with E-state index in [0.717, 1.165) is 78.0 Å². The number of fused-ring (bicyclic) bond motifs is 3. The number of aromatic nitrogens is 4. The third kappa shape index (κ3) is 5.02. The molecule has 0 radical (unpaired) electrons. The molecule has 0 unspecified atom stereocenters. The van der Waals surface area contributed by atoms with E-state index in [0.29, 0.717) is 5.82 Å². The number of hydrogen-bond acceptors (Lipinski definition) is 4. The highest BCUT2D eigenvalue weighted by Gasteiger charge is 2.18. The second-order valence-electron chi connectivity index (χ2n) is 11.1. The number of aryl methyl sites for hydroxylation is 1. The van der Waals surface area contributed by atoms with Crippen molar-refractivity contribution in [3.05, 3.63) is 157 Å². The highest BCUT2D eigenvalue weighted by atomic mass is 14.9. The molecule has 0 aliphatic heterocycles. The standard InChI is InChI=1S/C41H28N4/c1-27-21-22-31-23-24-33-35(25-36(28-13-5-2-6-14-28)43-40(33)39(31)42-27)32-19-11-12-20-34(32)41-44-37(29-15-7-3-8-16-29)26-38(45-41)30-17-9-4-10-18-30/h2-26H,1H3. The van der Waals surface area contributed by atoms with Crippen molar-refractivity contribution in [2.75, 3.05) is 0 Å². The lowest BCUT2D eigenvalue weighted by Crippen LogP contribution is -1.98. The zero-order valence-electron chi connectivity index (χ0n) is 24.7.